The summed E-state index contributed by atoms with van der Waals surface area (Å²) in [5, 5.41) is 15.2. The number of likely N-dealkylation sites (tertiary alicyclic amines) is 1. The molecule has 7 nitrogen and oxygen atoms in total. The Morgan fingerprint density at radius 2 is 2.46 bits per heavy atom. The van der Waals surface area contributed by atoms with E-state index in [1.807, 2.05) is 24.2 Å². The lowest BCUT2D eigenvalue weighted by Crippen LogP contribution is -2.53. The van der Waals surface area contributed by atoms with Crippen molar-refractivity contribution in [2.24, 2.45) is 10.9 Å². The van der Waals surface area contributed by atoms with Crippen molar-refractivity contribution in [3.63, 3.8) is 0 Å². The minimum absolute atomic E-state index is 0.0494. The molecule has 0 aromatic rings. The first-order valence-electron chi connectivity index (χ1n) is 8.26. The SMILES string of the molecule is CN=CN/C(=C1/C=CNC1)N(C)C1CN(C(=O)CC#N)CCC1C. The Bertz CT molecular complexity index is 588. The van der Waals surface area contributed by atoms with Gasteiger partial charge in [-0.3, -0.25) is 9.79 Å². The molecular formula is C17H26N6O. The molecule has 0 bridgehead atoms. The van der Waals surface area contributed by atoms with Crippen LogP contribution in [0.2, 0.25) is 0 Å². The number of aliphatic imine (C=N–C) groups is 1. The summed E-state index contributed by atoms with van der Waals surface area (Å²) in [7, 11) is 3.77. The summed E-state index contributed by atoms with van der Waals surface area (Å²) in [6.07, 6.45) is 6.55. The van der Waals surface area contributed by atoms with Crippen LogP contribution in [0.15, 0.2) is 28.7 Å². The fraction of sp³-hybridized carbons (Fsp3) is 0.588. The molecule has 1 fully saturated rings. The van der Waals surface area contributed by atoms with Gasteiger partial charge >= 0.3 is 0 Å². The highest BCUT2D eigenvalue weighted by Crippen LogP contribution is 2.25. The third-order valence-electron chi connectivity index (χ3n) is 4.68. The summed E-state index contributed by atoms with van der Waals surface area (Å²) in [5.74, 6) is 1.37. The Kier molecular flexibility index (Phi) is 6.24. The molecule has 7 heteroatoms. The van der Waals surface area contributed by atoms with Gasteiger partial charge in [0.2, 0.25) is 5.91 Å². The van der Waals surface area contributed by atoms with Crippen molar-refractivity contribution in [2.45, 2.75) is 25.8 Å². The molecule has 2 atom stereocenters. The maximum atomic E-state index is 12.1. The lowest BCUT2D eigenvalue weighted by molar-refractivity contribution is -0.132. The van der Waals surface area contributed by atoms with Gasteiger partial charge in [0, 0.05) is 39.3 Å². The highest BCUT2D eigenvalue weighted by atomic mass is 16.2. The average Bonchev–Trinajstić information content (AvgIpc) is 3.10. The minimum atomic E-state index is -0.0810. The number of amides is 1. The van der Waals surface area contributed by atoms with Crippen LogP contribution in [-0.4, -0.2) is 61.8 Å². The average molecular weight is 330 g/mol. The van der Waals surface area contributed by atoms with Crippen LogP contribution in [-0.2, 0) is 4.79 Å². The van der Waals surface area contributed by atoms with Crippen molar-refractivity contribution in [3.8, 4) is 6.07 Å². The zero-order valence-corrected chi connectivity index (χ0v) is 14.6. The maximum absolute atomic E-state index is 12.1. The van der Waals surface area contributed by atoms with Gasteiger partial charge in [-0.25, -0.2) is 0 Å². The molecule has 1 saturated heterocycles. The van der Waals surface area contributed by atoms with Gasteiger partial charge in [-0.05, 0) is 24.6 Å². The minimum Gasteiger partial charge on any atom is -0.387 e. The van der Waals surface area contributed by atoms with Crippen molar-refractivity contribution in [1.82, 2.24) is 20.4 Å². The molecule has 0 saturated carbocycles. The third kappa shape index (κ3) is 4.07. The summed E-state index contributed by atoms with van der Waals surface area (Å²) in [6.45, 7) is 4.34. The summed E-state index contributed by atoms with van der Waals surface area (Å²) in [6, 6.07) is 2.14. The van der Waals surface area contributed by atoms with Gasteiger partial charge in [0.1, 0.15) is 12.2 Å². The van der Waals surface area contributed by atoms with Gasteiger partial charge in [-0.2, -0.15) is 5.26 Å². The molecule has 0 aliphatic carbocycles. The number of piperidine rings is 1. The summed E-state index contributed by atoms with van der Waals surface area (Å²) < 4.78 is 0. The molecule has 0 spiro atoms. The van der Waals surface area contributed by atoms with Crippen molar-refractivity contribution < 1.29 is 4.79 Å². The molecule has 0 aromatic heterocycles. The topological polar surface area (TPSA) is 83.8 Å². The number of hydrogen-bond acceptors (Lipinski definition) is 5. The van der Waals surface area contributed by atoms with Crippen molar-refractivity contribution in [2.75, 3.05) is 33.7 Å². The molecule has 0 radical (unpaired) electrons. The van der Waals surface area contributed by atoms with E-state index in [1.165, 1.54) is 0 Å². The van der Waals surface area contributed by atoms with Gasteiger partial charge in [0.25, 0.3) is 0 Å². The first-order chi connectivity index (χ1) is 11.6. The predicted molar refractivity (Wildman–Crippen MR) is 93.9 cm³/mol. The third-order valence-corrected chi connectivity index (χ3v) is 4.68. The Morgan fingerprint density at radius 3 is 3.08 bits per heavy atom. The van der Waals surface area contributed by atoms with E-state index in [0.717, 1.165) is 30.9 Å². The van der Waals surface area contributed by atoms with E-state index in [0.29, 0.717) is 12.5 Å². The van der Waals surface area contributed by atoms with Gasteiger partial charge in [-0.1, -0.05) is 6.92 Å². The van der Waals surface area contributed by atoms with Crippen molar-refractivity contribution in [1.29, 1.82) is 5.26 Å². The molecule has 130 valence electrons. The maximum Gasteiger partial charge on any atom is 0.236 e. The van der Waals surface area contributed by atoms with E-state index >= 15 is 0 Å². The lowest BCUT2D eigenvalue weighted by atomic mass is 9.92. The molecular weight excluding hydrogens is 304 g/mol. The molecule has 2 aliphatic rings. The standard InChI is InChI=1S/C17H26N6O/c1-13-6-9-23(16(24)4-7-18)11-15(13)22(3)17(21-12-19-2)14-5-8-20-10-14/h5,8,12-13,15,20H,4,6,9-11H2,1-3H3,(H,19,21)/b17-14+. The normalized spacial score (nSPS) is 25.3. The molecule has 2 rings (SSSR count). The number of hydrogen-bond donors (Lipinski definition) is 2. The van der Waals surface area contributed by atoms with E-state index in [-0.39, 0.29) is 18.4 Å². The Labute approximate surface area is 143 Å². The number of likely N-dealkylation sites (N-methyl/N-ethyl adjacent to an activating group) is 1. The first kappa shape index (κ1) is 17.9. The zero-order valence-electron chi connectivity index (χ0n) is 14.6. The molecule has 1 amide bonds. The Balaban J connectivity index is 2.19. The van der Waals surface area contributed by atoms with Crippen LogP contribution in [0, 0.1) is 17.2 Å². The monoisotopic (exact) mass is 330 g/mol. The molecule has 2 unspecified atom stereocenters. The second-order valence-electron chi connectivity index (χ2n) is 6.24. The smallest absolute Gasteiger partial charge is 0.236 e. The van der Waals surface area contributed by atoms with Crippen LogP contribution in [0.3, 0.4) is 0 Å². The van der Waals surface area contributed by atoms with Gasteiger partial charge in [-0.15, -0.1) is 0 Å². The highest BCUT2D eigenvalue weighted by Gasteiger charge is 2.32. The predicted octanol–water partition coefficient (Wildman–Crippen LogP) is 0.645. The van der Waals surface area contributed by atoms with Crippen molar-refractivity contribution in [3.05, 3.63) is 23.7 Å². The van der Waals surface area contributed by atoms with Gasteiger partial charge in [0.05, 0.1) is 18.4 Å². The highest BCUT2D eigenvalue weighted by molar-refractivity contribution is 5.78. The lowest BCUT2D eigenvalue weighted by Gasteiger charge is -2.43. The number of nitriles is 1. The number of rotatable bonds is 5. The van der Waals surface area contributed by atoms with E-state index in [2.05, 4.69) is 33.5 Å². The molecule has 2 heterocycles. The molecule has 2 aliphatic heterocycles. The fourth-order valence-corrected chi connectivity index (χ4v) is 3.22. The van der Waals surface area contributed by atoms with Crippen LogP contribution < -0.4 is 10.6 Å². The summed E-state index contributed by atoms with van der Waals surface area (Å²) in [5.41, 5.74) is 1.16. The molecule has 2 N–H and O–H groups in total. The van der Waals surface area contributed by atoms with Crippen molar-refractivity contribution >= 4 is 12.2 Å². The van der Waals surface area contributed by atoms with E-state index in [4.69, 9.17) is 5.26 Å². The summed E-state index contributed by atoms with van der Waals surface area (Å²) in [4.78, 5) is 20.1. The summed E-state index contributed by atoms with van der Waals surface area (Å²) >= 11 is 0. The van der Waals surface area contributed by atoms with Crippen LogP contribution >= 0.6 is 0 Å². The Hall–Kier alpha value is -2.49. The van der Waals surface area contributed by atoms with Gasteiger partial charge < -0.3 is 20.4 Å². The zero-order chi connectivity index (χ0) is 17.5. The Morgan fingerprint density at radius 1 is 1.67 bits per heavy atom. The number of carbonyl (C=O) groups excluding carboxylic acids is 1. The van der Waals surface area contributed by atoms with E-state index < -0.39 is 0 Å². The van der Waals surface area contributed by atoms with Crippen LogP contribution in [0.5, 0.6) is 0 Å². The number of nitrogens with zero attached hydrogens (tertiary/aromatic N) is 4. The second kappa shape index (κ2) is 8.39. The van der Waals surface area contributed by atoms with Crippen LogP contribution in [0.1, 0.15) is 19.8 Å². The van der Waals surface area contributed by atoms with Crippen LogP contribution in [0.4, 0.5) is 0 Å². The fourth-order valence-electron chi connectivity index (χ4n) is 3.22. The largest absolute Gasteiger partial charge is 0.387 e. The first-order valence-corrected chi connectivity index (χ1v) is 8.26. The molecule has 24 heavy (non-hydrogen) atoms. The number of carbonyl (C=O) groups is 1. The van der Waals surface area contributed by atoms with Gasteiger partial charge in [0.15, 0.2) is 0 Å². The number of nitrogens with one attached hydrogen (secondary N) is 2. The van der Waals surface area contributed by atoms with E-state index in [1.54, 1.807) is 13.4 Å². The second-order valence-corrected chi connectivity index (χ2v) is 6.24. The van der Waals surface area contributed by atoms with Crippen LogP contribution in [0.25, 0.3) is 0 Å². The molecule has 0 aromatic carbocycles. The van der Waals surface area contributed by atoms with E-state index in [9.17, 15) is 4.79 Å². The quantitative estimate of drug-likeness (QED) is 0.571.